The summed E-state index contributed by atoms with van der Waals surface area (Å²) in [5, 5.41) is 8.98. The maximum atomic E-state index is 12.5. The second-order valence-electron chi connectivity index (χ2n) is 7.62. The number of rotatable bonds is 9. The van der Waals surface area contributed by atoms with E-state index in [0.29, 0.717) is 36.6 Å². The lowest BCUT2D eigenvalue weighted by molar-refractivity contribution is -0.117. The van der Waals surface area contributed by atoms with Crippen LogP contribution in [-0.2, 0) is 19.6 Å². The van der Waals surface area contributed by atoms with Gasteiger partial charge in [0, 0.05) is 45.0 Å². The zero-order chi connectivity index (χ0) is 23.3. The Labute approximate surface area is 188 Å². The molecule has 0 aliphatic carbocycles. The third-order valence-electron chi connectivity index (χ3n) is 5.11. The Morgan fingerprint density at radius 1 is 1.06 bits per heavy atom. The summed E-state index contributed by atoms with van der Waals surface area (Å²) < 4.78 is 26.0. The van der Waals surface area contributed by atoms with Gasteiger partial charge in [0.25, 0.3) is 0 Å². The van der Waals surface area contributed by atoms with E-state index in [0.717, 1.165) is 16.4 Å². The van der Waals surface area contributed by atoms with E-state index in [4.69, 9.17) is 0 Å². The largest absolute Gasteiger partial charge is 0.384 e. The Hall–Kier alpha value is -3.11. The monoisotopic (exact) mass is 459 g/mol. The van der Waals surface area contributed by atoms with Crippen LogP contribution in [0, 0.1) is 0 Å². The van der Waals surface area contributed by atoms with Gasteiger partial charge in [-0.15, -0.1) is 0 Å². The standard InChI is InChI=1S/C22H29N5O4S/c1-4-23-19-12-11-18(32(30,31)26(2)3)14-20(19)24-15-21(28)25-16-7-9-17(10-8-16)27-13-5-6-22(27)29/h7-12,14,23-24H,4-6,13,15H2,1-3H3,(H,25,28). The van der Waals surface area contributed by atoms with Crippen molar-refractivity contribution in [2.75, 3.05) is 54.6 Å². The smallest absolute Gasteiger partial charge is 0.243 e. The van der Waals surface area contributed by atoms with Gasteiger partial charge in [0.05, 0.1) is 22.8 Å². The summed E-state index contributed by atoms with van der Waals surface area (Å²) in [6.07, 6.45) is 1.42. The number of amides is 2. The summed E-state index contributed by atoms with van der Waals surface area (Å²) >= 11 is 0. The van der Waals surface area contributed by atoms with Crippen LogP contribution in [0.25, 0.3) is 0 Å². The Morgan fingerprint density at radius 3 is 2.38 bits per heavy atom. The molecule has 0 spiro atoms. The molecule has 32 heavy (non-hydrogen) atoms. The van der Waals surface area contributed by atoms with Crippen LogP contribution >= 0.6 is 0 Å². The molecule has 1 aliphatic heterocycles. The Kier molecular flexibility index (Phi) is 7.37. The minimum atomic E-state index is -3.60. The van der Waals surface area contributed by atoms with E-state index in [1.807, 2.05) is 19.1 Å². The molecule has 1 saturated heterocycles. The highest BCUT2D eigenvalue weighted by atomic mass is 32.2. The van der Waals surface area contributed by atoms with Crippen LogP contribution in [0.15, 0.2) is 47.4 Å². The number of nitrogens with zero attached hydrogens (tertiary/aromatic N) is 2. The first-order valence-corrected chi connectivity index (χ1v) is 11.9. The molecule has 3 rings (SSSR count). The van der Waals surface area contributed by atoms with E-state index in [-0.39, 0.29) is 23.3 Å². The van der Waals surface area contributed by atoms with Crippen LogP contribution in [0.4, 0.5) is 22.7 Å². The zero-order valence-electron chi connectivity index (χ0n) is 18.5. The molecule has 0 atom stereocenters. The fourth-order valence-electron chi connectivity index (χ4n) is 3.41. The van der Waals surface area contributed by atoms with Crippen molar-refractivity contribution in [3.8, 4) is 0 Å². The van der Waals surface area contributed by atoms with Crippen molar-refractivity contribution in [2.45, 2.75) is 24.7 Å². The number of benzene rings is 2. The van der Waals surface area contributed by atoms with Crippen LogP contribution in [0.5, 0.6) is 0 Å². The van der Waals surface area contributed by atoms with Crippen molar-refractivity contribution in [3.05, 3.63) is 42.5 Å². The van der Waals surface area contributed by atoms with Crippen molar-refractivity contribution in [1.29, 1.82) is 0 Å². The van der Waals surface area contributed by atoms with Gasteiger partial charge in [-0.1, -0.05) is 0 Å². The van der Waals surface area contributed by atoms with Crippen LogP contribution in [-0.4, -0.2) is 58.3 Å². The minimum absolute atomic E-state index is 0.0454. The SMILES string of the molecule is CCNc1ccc(S(=O)(=O)N(C)C)cc1NCC(=O)Nc1ccc(N2CCCC2=O)cc1. The van der Waals surface area contributed by atoms with Crippen molar-refractivity contribution in [3.63, 3.8) is 0 Å². The molecule has 1 fully saturated rings. The number of hydrogen-bond acceptors (Lipinski definition) is 6. The number of nitrogens with one attached hydrogen (secondary N) is 3. The zero-order valence-corrected chi connectivity index (χ0v) is 19.3. The van der Waals surface area contributed by atoms with Crippen LogP contribution in [0.2, 0.25) is 0 Å². The van der Waals surface area contributed by atoms with Gasteiger partial charge in [-0.05, 0) is 55.8 Å². The number of anilines is 4. The molecule has 10 heteroatoms. The molecule has 0 bridgehead atoms. The highest BCUT2D eigenvalue weighted by Crippen LogP contribution is 2.27. The van der Waals surface area contributed by atoms with Crippen LogP contribution in [0.3, 0.4) is 0 Å². The Bertz CT molecular complexity index is 1080. The highest BCUT2D eigenvalue weighted by Gasteiger charge is 2.21. The molecule has 0 unspecified atom stereocenters. The van der Waals surface area contributed by atoms with Gasteiger partial charge < -0.3 is 20.9 Å². The van der Waals surface area contributed by atoms with Gasteiger partial charge >= 0.3 is 0 Å². The minimum Gasteiger partial charge on any atom is -0.384 e. The first-order valence-electron chi connectivity index (χ1n) is 10.5. The third kappa shape index (κ3) is 5.38. The molecule has 172 valence electrons. The van der Waals surface area contributed by atoms with E-state index < -0.39 is 10.0 Å². The quantitative estimate of drug-likeness (QED) is 0.532. The summed E-state index contributed by atoms with van der Waals surface area (Å²) in [5.41, 5.74) is 2.66. The molecular weight excluding hydrogens is 430 g/mol. The molecule has 1 aliphatic rings. The fourth-order valence-corrected chi connectivity index (χ4v) is 4.34. The highest BCUT2D eigenvalue weighted by molar-refractivity contribution is 7.89. The number of carbonyl (C=O) groups excluding carboxylic acids is 2. The van der Waals surface area contributed by atoms with E-state index >= 15 is 0 Å². The molecule has 9 nitrogen and oxygen atoms in total. The maximum absolute atomic E-state index is 12.5. The average molecular weight is 460 g/mol. The number of carbonyl (C=O) groups is 2. The van der Waals surface area contributed by atoms with Gasteiger partial charge in [-0.25, -0.2) is 12.7 Å². The average Bonchev–Trinajstić information content (AvgIpc) is 3.19. The molecule has 0 radical (unpaired) electrons. The molecule has 2 amide bonds. The van der Waals surface area contributed by atoms with Crippen LogP contribution in [0.1, 0.15) is 19.8 Å². The van der Waals surface area contributed by atoms with Crippen molar-refractivity contribution in [1.82, 2.24) is 4.31 Å². The molecule has 0 aromatic heterocycles. The fraction of sp³-hybridized carbons (Fsp3) is 0.364. The lowest BCUT2D eigenvalue weighted by Crippen LogP contribution is -2.24. The van der Waals surface area contributed by atoms with Crippen LogP contribution < -0.4 is 20.9 Å². The summed E-state index contributed by atoms with van der Waals surface area (Å²) in [4.78, 5) is 26.2. The van der Waals surface area contributed by atoms with E-state index in [1.165, 1.54) is 26.2 Å². The first kappa shape index (κ1) is 23.6. The normalized spacial score (nSPS) is 14.0. The lowest BCUT2D eigenvalue weighted by atomic mass is 10.2. The first-order chi connectivity index (χ1) is 15.2. The Morgan fingerprint density at radius 2 is 1.78 bits per heavy atom. The maximum Gasteiger partial charge on any atom is 0.243 e. The predicted octanol–water partition coefficient (Wildman–Crippen LogP) is 2.55. The molecule has 2 aromatic carbocycles. The number of sulfonamides is 1. The lowest BCUT2D eigenvalue weighted by Gasteiger charge is -2.17. The predicted molar refractivity (Wildman–Crippen MR) is 127 cm³/mol. The summed E-state index contributed by atoms with van der Waals surface area (Å²) in [5.74, 6) is -0.167. The molecular formula is C22H29N5O4S. The van der Waals surface area contributed by atoms with E-state index in [2.05, 4.69) is 16.0 Å². The summed E-state index contributed by atoms with van der Waals surface area (Å²) in [7, 11) is -0.654. The molecule has 3 N–H and O–H groups in total. The molecule has 2 aromatic rings. The molecule has 1 heterocycles. The summed E-state index contributed by atoms with van der Waals surface area (Å²) in [6, 6.07) is 11.9. The van der Waals surface area contributed by atoms with Gasteiger partial charge in [-0.3, -0.25) is 9.59 Å². The van der Waals surface area contributed by atoms with Crippen molar-refractivity contribution >= 4 is 44.6 Å². The second-order valence-corrected chi connectivity index (χ2v) is 9.77. The summed E-state index contributed by atoms with van der Waals surface area (Å²) in [6.45, 7) is 3.24. The van der Waals surface area contributed by atoms with Gasteiger partial charge in [0.1, 0.15) is 0 Å². The van der Waals surface area contributed by atoms with E-state index in [9.17, 15) is 18.0 Å². The Balaban J connectivity index is 1.66. The van der Waals surface area contributed by atoms with E-state index in [1.54, 1.807) is 23.1 Å². The van der Waals surface area contributed by atoms with Gasteiger partial charge in [0.15, 0.2) is 0 Å². The number of hydrogen-bond donors (Lipinski definition) is 3. The van der Waals surface area contributed by atoms with Gasteiger partial charge in [-0.2, -0.15) is 0 Å². The van der Waals surface area contributed by atoms with Gasteiger partial charge in [0.2, 0.25) is 21.8 Å². The van der Waals surface area contributed by atoms with Crippen molar-refractivity contribution < 1.29 is 18.0 Å². The second kappa shape index (κ2) is 10.0. The van der Waals surface area contributed by atoms with Crippen molar-refractivity contribution in [2.24, 2.45) is 0 Å². The molecule has 0 saturated carbocycles. The third-order valence-corrected chi connectivity index (χ3v) is 6.92. The topological polar surface area (TPSA) is 111 Å².